The summed E-state index contributed by atoms with van der Waals surface area (Å²) in [5.74, 6) is 0.993. The molecular weight excluding hydrogens is 244 g/mol. The Kier molecular flexibility index (Phi) is 4.28. The Morgan fingerprint density at radius 1 is 1.37 bits per heavy atom. The van der Waals surface area contributed by atoms with E-state index in [2.05, 4.69) is 27.4 Å². The molecule has 0 aliphatic rings. The standard InChI is InChI=1S/C13H14N4O2/c1-2-7-14-12-6-5-11(16-17-12)13(18)15-9-10-4-3-8-19-10/h2-6,8H,1,7,9H2,(H,14,17)(H,15,18). The van der Waals surface area contributed by atoms with Gasteiger partial charge in [0, 0.05) is 6.54 Å². The second-order valence-corrected chi connectivity index (χ2v) is 3.74. The summed E-state index contributed by atoms with van der Waals surface area (Å²) < 4.78 is 5.11. The lowest BCUT2D eigenvalue weighted by atomic mass is 10.3. The van der Waals surface area contributed by atoms with Crippen molar-refractivity contribution in [3.63, 3.8) is 0 Å². The maximum Gasteiger partial charge on any atom is 0.272 e. The number of rotatable bonds is 6. The van der Waals surface area contributed by atoms with Gasteiger partial charge in [0.15, 0.2) is 5.69 Å². The number of hydrogen-bond acceptors (Lipinski definition) is 5. The van der Waals surface area contributed by atoms with Crippen molar-refractivity contribution in [2.75, 3.05) is 11.9 Å². The van der Waals surface area contributed by atoms with Crippen LogP contribution in [0.15, 0.2) is 47.6 Å². The van der Waals surface area contributed by atoms with Crippen LogP contribution >= 0.6 is 0 Å². The van der Waals surface area contributed by atoms with Gasteiger partial charge in [-0.25, -0.2) is 0 Å². The molecule has 98 valence electrons. The van der Waals surface area contributed by atoms with Gasteiger partial charge in [-0.2, -0.15) is 0 Å². The number of anilines is 1. The Balaban J connectivity index is 1.90. The molecule has 2 N–H and O–H groups in total. The molecule has 0 saturated heterocycles. The molecular formula is C13H14N4O2. The monoisotopic (exact) mass is 258 g/mol. The van der Waals surface area contributed by atoms with E-state index in [9.17, 15) is 4.79 Å². The maximum atomic E-state index is 11.8. The zero-order chi connectivity index (χ0) is 13.5. The van der Waals surface area contributed by atoms with Crippen molar-refractivity contribution in [1.29, 1.82) is 0 Å². The zero-order valence-corrected chi connectivity index (χ0v) is 10.3. The summed E-state index contributed by atoms with van der Waals surface area (Å²) in [5, 5.41) is 13.4. The van der Waals surface area contributed by atoms with Crippen LogP contribution in [0.1, 0.15) is 16.2 Å². The van der Waals surface area contributed by atoms with Crippen LogP contribution in [0.4, 0.5) is 5.82 Å². The number of carbonyl (C=O) groups is 1. The van der Waals surface area contributed by atoms with Crippen molar-refractivity contribution in [3.05, 3.63) is 54.6 Å². The molecule has 2 aromatic heterocycles. The first-order chi connectivity index (χ1) is 9.29. The van der Waals surface area contributed by atoms with Crippen LogP contribution in [0.3, 0.4) is 0 Å². The van der Waals surface area contributed by atoms with E-state index in [4.69, 9.17) is 4.42 Å². The molecule has 0 aromatic carbocycles. The third-order valence-corrected chi connectivity index (χ3v) is 2.33. The van der Waals surface area contributed by atoms with Crippen molar-refractivity contribution in [2.45, 2.75) is 6.54 Å². The number of amides is 1. The topological polar surface area (TPSA) is 80.0 Å². The third-order valence-electron chi connectivity index (χ3n) is 2.33. The van der Waals surface area contributed by atoms with Gasteiger partial charge in [-0.3, -0.25) is 4.79 Å². The van der Waals surface area contributed by atoms with Gasteiger partial charge in [0.2, 0.25) is 0 Å². The molecule has 0 aliphatic heterocycles. The Labute approximate surface area is 110 Å². The van der Waals surface area contributed by atoms with Crippen LogP contribution in [-0.2, 0) is 6.54 Å². The van der Waals surface area contributed by atoms with Crippen LogP contribution in [0.2, 0.25) is 0 Å². The summed E-state index contributed by atoms with van der Waals surface area (Å²) in [7, 11) is 0. The van der Waals surface area contributed by atoms with Crippen molar-refractivity contribution >= 4 is 11.7 Å². The van der Waals surface area contributed by atoms with E-state index >= 15 is 0 Å². The molecule has 0 aliphatic carbocycles. The van der Waals surface area contributed by atoms with E-state index in [1.807, 2.05) is 0 Å². The van der Waals surface area contributed by atoms with Crippen molar-refractivity contribution < 1.29 is 9.21 Å². The zero-order valence-electron chi connectivity index (χ0n) is 10.3. The molecule has 0 unspecified atom stereocenters. The van der Waals surface area contributed by atoms with Gasteiger partial charge in [-0.1, -0.05) is 6.08 Å². The lowest BCUT2D eigenvalue weighted by molar-refractivity contribution is 0.0942. The minimum atomic E-state index is -0.292. The summed E-state index contributed by atoms with van der Waals surface area (Å²) in [6.07, 6.45) is 3.27. The molecule has 2 aromatic rings. The maximum absolute atomic E-state index is 11.8. The predicted octanol–water partition coefficient (Wildman–Crippen LogP) is 1.60. The molecule has 6 heteroatoms. The molecule has 2 heterocycles. The highest BCUT2D eigenvalue weighted by Crippen LogP contribution is 2.03. The summed E-state index contributed by atoms with van der Waals surface area (Å²) in [5.41, 5.74) is 0.260. The van der Waals surface area contributed by atoms with Crippen molar-refractivity contribution in [3.8, 4) is 0 Å². The SMILES string of the molecule is C=CCNc1ccc(C(=O)NCc2ccco2)nn1. The molecule has 0 fully saturated rings. The minimum absolute atomic E-state index is 0.260. The van der Waals surface area contributed by atoms with Crippen LogP contribution in [0.5, 0.6) is 0 Å². The number of nitrogens with zero attached hydrogens (tertiary/aromatic N) is 2. The highest BCUT2D eigenvalue weighted by molar-refractivity contribution is 5.92. The van der Waals surface area contributed by atoms with Gasteiger partial charge < -0.3 is 15.1 Å². The highest BCUT2D eigenvalue weighted by atomic mass is 16.3. The molecule has 2 rings (SSSR count). The Morgan fingerprint density at radius 2 is 2.26 bits per heavy atom. The number of nitrogens with one attached hydrogen (secondary N) is 2. The Bertz CT molecular complexity index is 534. The summed E-state index contributed by atoms with van der Waals surface area (Å²) in [4.78, 5) is 11.8. The van der Waals surface area contributed by atoms with E-state index in [1.54, 1.807) is 36.6 Å². The normalized spacial score (nSPS) is 9.89. The lowest BCUT2D eigenvalue weighted by Crippen LogP contribution is -2.24. The fourth-order valence-corrected chi connectivity index (χ4v) is 1.40. The summed E-state index contributed by atoms with van der Waals surface area (Å²) >= 11 is 0. The molecule has 6 nitrogen and oxygen atoms in total. The predicted molar refractivity (Wildman–Crippen MR) is 70.6 cm³/mol. The molecule has 0 radical (unpaired) electrons. The first kappa shape index (κ1) is 12.8. The number of hydrogen-bond donors (Lipinski definition) is 2. The van der Waals surface area contributed by atoms with Gasteiger partial charge in [-0.05, 0) is 24.3 Å². The van der Waals surface area contributed by atoms with E-state index in [0.717, 1.165) is 0 Å². The first-order valence-corrected chi connectivity index (χ1v) is 5.78. The second kappa shape index (κ2) is 6.34. The molecule has 0 atom stereocenters. The van der Waals surface area contributed by atoms with Crippen LogP contribution in [0, 0.1) is 0 Å². The number of carbonyl (C=O) groups excluding carboxylic acids is 1. The van der Waals surface area contributed by atoms with Gasteiger partial charge in [0.1, 0.15) is 11.6 Å². The fourth-order valence-electron chi connectivity index (χ4n) is 1.40. The first-order valence-electron chi connectivity index (χ1n) is 5.78. The van der Waals surface area contributed by atoms with Crippen molar-refractivity contribution in [2.24, 2.45) is 0 Å². The smallest absolute Gasteiger partial charge is 0.272 e. The second-order valence-electron chi connectivity index (χ2n) is 3.74. The Hall–Kier alpha value is -2.63. The van der Waals surface area contributed by atoms with Crippen LogP contribution in [-0.4, -0.2) is 22.6 Å². The fraction of sp³-hybridized carbons (Fsp3) is 0.154. The van der Waals surface area contributed by atoms with E-state index < -0.39 is 0 Å². The average molecular weight is 258 g/mol. The van der Waals surface area contributed by atoms with Crippen LogP contribution in [0.25, 0.3) is 0 Å². The summed E-state index contributed by atoms with van der Waals surface area (Å²) in [6.45, 7) is 4.51. The largest absolute Gasteiger partial charge is 0.467 e. The third kappa shape index (κ3) is 3.67. The van der Waals surface area contributed by atoms with Crippen molar-refractivity contribution in [1.82, 2.24) is 15.5 Å². The van der Waals surface area contributed by atoms with E-state index in [1.165, 1.54) is 0 Å². The van der Waals surface area contributed by atoms with Gasteiger partial charge >= 0.3 is 0 Å². The molecule has 0 spiro atoms. The van der Waals surface area contributed by atoms with E-state index in [-0.39, 0.29) is 11.6 Å². The molecule has 19 heavy (non-hydrogen) atoms. The Morgan fingerprint density at radius 3 is 2.89 bits per heavy atom. The van der Waals surface area contributed by atoms with Gasteiger partial charge in [-0.15, -0.1) is 16.8 Å². The van der Waals surface area contributed by atoms with Gasteiger partial charge in [0.25, 0.3) is 5.91 Å². The molecule has 0 bridgehead atoms. The lowest BCUT2D eigenvalue weighted by Gasteiger charge is -2.04. The summed E-state index contributed by atoms with van der Waals surface area (Å²) in [6, 6.07) is 6.85. The number of furan rings is 1. The molecule has 0 saturated carbocycles. The highest BCUT2D eigenvalue weighted by Gasteiger charge is 2.08. The van der Waals surface area contributed by atoms with E-state index in [0.29, 0.717) is 24.7 Å². The quantitative estimate of drug-likeness (QED) is 0.769. The average Bonchev–Trinajstić information content (AvgIpc) is 2.96. The minimum Gasteiger partial charge on any atom is -0.467 e. The van der Waals surface area contributed by atoms with Crippen LogP contribution < -0.4 is 10.6 Å². The number of aromatic nitrogens is 2. The van der Waals surface area contributed by atoms with Gasteiger partial charge in [0.05, 0.1) is 12.8 Å². The molecule has 1 amide bonds.